The Morgan fingerprint density at radius 2 is 1.30 bits per heavy atom. The van der Waals surface area contributed by atoms with E-state index in [2.05, 4.69) is 23.5 Å². The zero-order valence-corrected chi connectivity index (χ0v) is 31.3. The first-order chi connectivity index (χ1) is 26.3. The van der Waals surface area contributed by atoms with Gasteiger partial charge in [0.2, 0.25) is 0 Å². The van der Waals surface area contributed by atoms with Gasteiger partial charge >= 0.3 is 18.0 Å². The van der Waals surface area contributed by atoms with Crippen molar-refractivity contribution in [3.63, 3.8) is 0 Å². The molecule has 1 unspecified atom stereocenters. The molecule has 1 aliphatic carbocycles. The van der Waals surface area contributed by atoms with Gasteiger partial charge in [-0.15, -0.1) is 0 Å². The number of nitrogens with zero attached hydrogens (tertiary/aromatic N) is 1. The number of esters is 2. The van der Waals surface area contributed by atoms with Gasteiger partial charge in [0.15, 0.2) is 0 Å². The van der Waals surface area contributed by atoms with E-state index in [1.165, 1.54) is 11.1 Å². The Bertz CT molecular complexity index is 1960. The molecular formula is C47H50N2O5. The van der Waals surface area contributed by atoms with Crippen LogP contribution in [0.25, 0.3) is 11.1 Å². The predicted octanol–water partition coefficient (Wildman–Crippen LogP) is 9.02. The molecule has 278 valence electrons. The van der Waals surface area contributed by atoms with Crippen LogP contribution in [0.4, 0.5) is 4.79 Å². The number of carbonyl (C=O) groups excluding carboxylic acids is 3. The predicted molar refractivity (Wildman–Crippen MR) is 213 cm³/mol. The van der Waals surface area contributed by atoms with Gasteiger partial charge in [-0.05, 0) is 89.1 Å². The molecule has 0 aromatic heterocycles. The van der Waals surface area contributed by atoms with E-state index in [-0.39, 0.29) is 31.5 Å². The second-order valence-corrected chi connectivity index (χ2v) is 14.6. The molecule has 0 aliphatic heterocycles. The number of hydrogen-bond donors (Lipinski definition) is 1. The molecule has 1 N–H and O–H groups in total. The van der Waals surface area contributed by atoms with E-state index >= 15 is 0 Å². The minimum Gasteiger partial charge on any atom is -0.459 e. The number of amides is 2. The van der Waals surface area contributed by atoms with Crippen molar-refractivity contribution in [2.45, 2.75) is 65.0 Å². The summed E-state index contributed by atoms with van der Waals surface area (Å²) in [6, 6.07) is 42.1. The summed E-state index contributed by atoms with van der Waals surface area (Å²) < 4.78 is 11.8. The first-order valence-corrected chi connectivity index (χ1v) is 19.1. The minimum atomic E-state index is -0.959. The van der Waals surface area contributed by atoms with Crippen LogP contribution in [0.5, 0.6) is 5.75 Å². The van der Waals surface area contributed by atoms with Crippen LogP contribution < -0.4 is 10.1 Å². The minimum absolute atomic E-state index is 0.0881. The topological polar surface area (TPSA) is 84.9 Å². The lowest BCUT2D eigenvalue weighted by atomic mass is 9.98. The van der Waals surface area contributed by atoms with Gasteiger partial charge in [-0.2, -0.15) is 0 Å². The normalized spacial score (nSPS) is 13.1. The van der Waals surface area contributed by atoms with Gasteiger partial charge in [0.25, 0.3) is 0 Å². The first kappa shape index (κ1) is 38.0. The summed E-state index contributed by atoms with van der Waals surface area (Å²) in [4.78, 5) is 43.6. The molecule has 2 atom stereocenters. The Balaban J connectivity index is 1.21. The first-order valence-electron chi connectivity index (χ1n) is 19.1. The van der Waals surface area contributed by atoms with Crippen LogP contribution in [-0.4, -0.2) is 42.0 Å². The molecule has 0 fully saturated rings. The van der Waals surface area contributed by atoms with Gasteiger partial charge in [0.05, 0.1) is 5.92 Å². The smallest absolute Gasteiger partial charge is 0.329 e. The van der Waals surface area contributed by atoms with E-state index in [0.29, 0.717) is 25.1 Å². The number of carbonyl (C=O) groups is 3. The monoisotopic (exact) mass is 722 g/mol. The molecule has 0 saturated heterocycles. The number of urea groups is 1. The number of ether oxygens (including phenoxy) is 2. The number of nitrogens with one attached hydrogen (secondary N) is 1. The van der Waals surface area contributed by atoms with Crippen LogP contribution in [0, 0.1) is 11.8 Å². The fraction of sp³-hybridized carbons (Fsp3) is 0.298. The largest absolute Gasteiger partial charge is 0.459 e. The summed E-state index contributed by atoms with van der Waals surface area (Å²) >= 11 is 0. The van der Waals surface area contributed by atoms with Crippen molar-refractivity contribution >= 4 is 18.0 Å². The molecule has 0 saturated carbocycles. The Hall–Kier alpha value is -5.69. The third-order valence-corrected chi connectivity index (χ3v) is 9.87. The maximum Gasteiger partial charge on any atom is 0.329 e. The van der Waals surface area contributed by atoms with E-state index in [4.69, 9.17) is 9.47 Å². The average Bonchev–Trinajstić information content (AvgIpc) is 3.67. The molecule has 0 radical (unpaired) electrons. The highest BCUT2D eigenvalue weighted by molar-refractivity contribution is 5.84. The third kappa shape index (κ3) is 10.9. The zero-order valence-electron chi connectivity index (χ0n) is 31.3. The Kier molecular flexibility index (Phi) is 13.3. The molecule has 7 heteroatoms. The lowest BCUT2D eigenvalue weighted by Gasteiger charge is -2.30. The molecule has 54 heavy (non-hydrogen) atoms. The van der Waals surface area contributed by atoms with Gasteiger partial charge in [0, 0.05) is 19.5 Å². The quantitative estimate of drug-likeness (QED) is 0.0812. The molecule has 0 heterocycles. The highest BCUT2D eigenvalue weighted by Gasteiger charge is 2.30. The van der Waals surface area contributed by atoms with Gasteiger partial charge in [0.1, 0.15) is 18.4 Å². The van der Waals surface area contributed by atoms with Gasteiger partial charge in [-0.3, -0.25) is 4.79 Å². The van der Waals surface area contributed by atoms with E-state index < -0.39 is 24.0 Å². The van der Waals surface area contributed by atoms with Crippen molar-refractivity contribution in [2.75, 3.05) is 13.1 Å². The van der Waals surface area contributed by atoms with Crippen LogP contribution >= 0.6 is 0 Å². The Morgan fingerprint density at radius 1 is 0.667 bits per heavy atom. The molecule has 1 aliphatic rings. The summed E-state index contributed by atoms with van der Waals surface area (Å²) in [5, 5.41) is 3.01. The molecule has 6 rings (SSSR count). The maximum absolute atomic E-state index is 14.3. The summed E-state index contributed by atoms with van der Waals surface area (Å²) in [6.45, 7) is 4.67. The number of hydrogen-bond acceptors (Lipinski definition) is 5. The highest BCUT2D eigenvalue weighted by Crippen LogP contribution is 2.27. The van der Waals surface area contributed by atoms with Crippen LogP contribution in [-0.2, 0) is 46.6 Å². The van der Waals surface area contributed by atoms with Gasteiger partial charge in [-0.1, -0.05) is 135 Å². The third-order valence-electron chi connectivity index (χ3n) is 9.87. The average molecular weight is 723 g/mol. The van der Waals surface area contributed by atoms with Crippen LogP contribution in [0.1, 0.15) is 54.5 Å². The molecule has 7 nitrogen and oxygen atoms in total. The lowest BCUT2D eigenvalue weighted by Crippen LogP contribution is -2.52. The molecule has 5 aromatic carbocycles. The number of benzene rings is 5. The second kappa shape index (κ2) is 18.9. The number of aryl methyl sites for hydroxylation is 3. The molecule has 0 bridgehead atoms. The van der Waals surface area contributed by atoms with Crippen molar-refractivity contribution in [3.05, 3.63) is 161 Å². The lowest BCUT2D eigenvalue weighted by molar-refractivity contribution is -0.147. The van der Waals surface area contributed by atoms with Crippen molar-refractivity contribution in [2.24, 2.45) is 11.8 Å². The van der Waals surface area contributed by atoms with E-state index in [1.54, 1.807) is 4.90 Å². The summed E-state index contributed by atoms with van der Waals surface area (Å²) in [5.74, 6) is -0.864. The van der Waals surface area contributed by atoms with Crippen molar-refractivity contribution in [3.8, 4) is 16.9 Å². The fourth-order valence-corrected chi connectivity index (χ4v) is 6.99. The Labute approximate surface area is 319 Å². The van der Waals surface area contributed by atoms with Gasteiger partial charge < -0.3 is 19.7 Å². The molecular weight excluding hydrogens is 673 g/mol. The van der Waals surface area contributed by atoms with Gasteiger partial charge in [-0.25, -0.2) is 9.59 Å². The zero-order chi connectivity index (χ0) is 37.7. The standard InChI is InChI=1S/C47H50N2O5/c1-34(2)31-49(32-42(26-21-35-13-6-3-7-14-35)45(50)54-43-28-27-39-19-12-20-41(39)30-43)47(52)48-44(46(51)53-33-37-15-8-4-9-16-37)29-36-22-24-40(25-23-36)38-17-10-5-11-18-38/h3-11,13-18,22-25,27-28,30,34,42,44H,12,19-21,26,29,31-33H2,1-2H3,(H,48,52)/t42?,44-/m0/s1. The van der Waals surface area contributed by atoms with E-state index in [1.807, 2.05) is 129 Å². The van der Waals surface area contributed by atoms with E-state index in [9.17, 15) is 14.4 Å². The van der Waals surface area contributed by atoms with Crippen LogP contribution in [0.2, 0.25) is 0 Å². The van der Waals surface area contributed by atoms with Crippen LogP contribution in [0.3, 0.4) is 0 Å². The van der Waals surface area contributed by atoms with Crippen molar-refractivity contribution in [1.82, 2.24) is 10.2 Å². The molecule has 5 aromatic rings. The van der Waals surface area contributed by atoms with Crippen molar-refractivity contribution in [1.29, 1.82) is 0 Å². The second-order valence-electron chi connectivity index (χ2n) is 14.6. The fourth-order valence-electron chi connectivity index (χ4n) is 6.99. The maximum atomic E-state index is 14.3. The highest BCUT2D eigenvalue weighted by atomic mass is 16.5. The number of rotatable bonds is 16. The van der Waals surface area contributed by atoms with Crippen molar-refractivity contribution < 1.29 is 23.9 Å². The van der Waals surface area contributed by atoms with E-state index in [0.717, 1.165) is 47.1 Å². The Morgan fingerprint density at radius 3 is 1.98 bits per heavy atom. The van der Waals surface area contributed by atoms with Crippen LogP contribution in [0.15, 0.2) is 133 Å². The number of fused-ring (bicyclic) bond motifs is 1. The molecule has 0 spiro atoms. The summed E-state index contributed by atoms with van der Waals surface area (Å²) in [5.41, 5.74) is 7.52. The summed E-state index contributed by atoms with van der Waals surface area (Å²) in [6.07, 6.45) is 4.50. The molecule has 2 amide bonds. The SMILES string of the molecule is CC(C)CN(CC(CCc1ccccc1)C(=O)Oc1ccc2c(c1)CCC2)C(=O)N[C@@H](Cc1ccc(-c2ccccc2)cc1)C(=O)OCc1ccccc1. The summed E-state index contributed by atoms with van der Waals surface area (Å²) in [7, 11) is 0.